The van der Waals surface area contributed by atoms with Gasteiger partial charge in [0.1, 0.15) is 0 Å². The minimum atomic E-state index is -1.20. The Balaban J connectivity index is 5.11. The summed E-state index contributed by atoms with van der Waals surface area (Å²) in [5, 5.41) is 18.1. The van der Waals surface area contributed by atoms with Crippen molar-refractivity contribution in [3.8, 4) is 0 Å². The lowest BCUT2D eigenvalue weighted by Crippen LogP contribution is -2.20. The Morgan fingerprint density at radius 1 is 1.00 bits per heavy atom. The van der Waals surface area contributed by atoms with Crippen LogP contribution in [0.3, 0.4) is 0 Å². The van der Waals surface area contributed by atoms with Crippen LogP contribution in [0.5, 0.6) is 0 Å². The summed E-state index contributed by atoms with van der Waals surface area (Å²) >= 11 is 0. The minimum Gasteiger partial charge on any atom is -0.478 e. The molecular formula is C12H20O6. The van der Waals surface area contributed by atoms with E-state index in [1.807, 2.05) is 0 Å². The molecule has 0 atom stereocenters. The number of methoxy groups -OCH3 is 2. The van der Waals surface area contributed by atoms with Crippen molar-refractivity contribution in [2.45, 2.75) is 19.8 Å². The number of hydrogen-bond donors (Lipinski definition) is 2. The molecule has 6 nitrogen and oxygen atoms in total. The van der Waals surface area contributed by atoms with Gasteiger partial charge in [0.05, 0.1) is 13.2 Å². The first-order valence-electron chi connectivity index (χ1n) is 5.64. The molecule has 104 valence electrons. The number of hydrogen-bond acceptors (Lipinski definition) is 4. The zero-order valence-corrected chi connectivity index (χ0v) is 10.9. The standard InChI is InChI=1S/C12H20O6/c1-4-9(11(13)14)10(12(15)16)5-8(6-17-2)7-18-3/h8H,4-7H2,1-3H3,(H,13,14)(H,15,16)/b10-9-. The Kier molecular flexibility index (Phi) is 7.98. The number of rotatable bonds is 9. The Morgan fingerprint density at radius 3 is 1.72 bits per heavy atom. The van der Waals surface area contributed by atoms with E-state index in [4.69, 9.17) is 19.7 Å². The van der Waals surface area contributed by atoms with Crippen LogP contribution in [0.25, 0.3) is 0 Å². The molecule has 0 amide bonds. The highest BCUT2D eigenvalue weighted by atomic mass is 16.5. The van der Waals surface area contributed by atoms with Crippen LogP contribution in [0.1, 0.15) is 19.8 Å². The molecule has 0 aliphatic carbocycles. The minimum absolute atomic E-state index is 0.0697. The Morgan fingerprint density at radius 2 is 1.44 bits per heavy atom. The first-order valence-corrected chi connectivity index (χ1v) is 5.64. The molecule has 0 saturated heterocycles. The Hall–Kier alpha value is -1.40. The van der Waals surface area contributed by atoms with E-state index in [9.17, 15) is 9.59 Å². The van der Waals surface area contributed by atoms with E-state index in [0.29, 0.717) is 13.2 Å². The molecule has 0 saturated carbocycles. The lowest BCUT2D eigenvalue weighted by atomic mass is 9.95. The molecule has 0 unspecified atom stereocenters. The van der Waals surface area contributed by atoms with Gasteiger partial charge in [-0.25, -0.2) is 9.59 Å². The van der Waals surface area contributed by atoms with E-state index in [0.717, 1.165) is 0 Å². The summed E-state index contributed by atoms with van der Waals surface area (Å²) in [4.78, 5) is 22.1. The van der Waals surface area contributed by atoms with E-state index < -0.39 is 11.9 Å². The van der Waals surface area contributed by atoms with Crippen molar-refractivity contribution in [3.05, 3.63) is 11.1 Å². The average Bonchev–Trinajstić information content (AvgIpc) is 2.28. The van der Waals surface area contributed by atoms with E-state index in [-0.39, 0.29) is 29.9 Å². The predicted octanol–water partition coefficient (Wildman–Crippen LogP) is 1.16. The fourth-order valence-corrected chi connectivity index (χ4v) is 1.76. The highest BCUT2D eigenvalue weighted by Crippen LogP contribution is 2.19. The van der Waals surface area contributed by atoms with Crippen LogP contribution in [0.4, 0.5) is 0 Å². The van der Waals surface area contributed by atoms with Gasteiger partial charge < -0.3 is 19.7 Å². The number of carbonyl (C=O) groups is 2. The van der Waals surface area contributed by atoms with Gasteiger partial charge in [-0.3, -0.25) is 0 Å². The number of aliphatic carboxylic acids is 2. The first kappa shape index (κ1) is 16.6. The zero-order chi connectivity index (χ0) is 14.1. The number of carboxylic acids is 2. The summed E-state index contributed by atoms with van der Waals surface area (Å²) in [5.74, 6) is -2.57. The summed E-state index contributed by atoms with van der Waals surface area (Å²) in [7, 11) is 3.01. The molecule has 0 aromatic carbocycles. The quantitative estimate of drug-likeness (QED) is 0.604. The van der Waals surface area contributed by atoms with Gasteiger partial charge >= 0.3 is 11.9 Å². The SMILES string of the molecule is CC/C(C(=O)O)=C(\CC(COC)COC)C(=O)O. The third-order valence-electron chi connectivity index (χ3n) is 2.53. The predicted molar refractivity (Wildman–Crippen MR) is 64.4 cm³/mol. The van der Waals surface area contributed by atoms with Gasteiger partial charge in [0.25, 0.3) is 0 Å². The molecule has 0 fully saturated rings. The maximum absolute atomic E-state index is 11.1. The lowest BCUT2D eigenvalue weighted by molar-refractivity contribution is -0.136. The van der Waals surface area contributed by atoms with Crippen molar-refractivity contribution in [1.29, 1.82) is 0 Å². The van der Waals surface area contributed by atoms with Crippen LogP contribution in [-0.4, -0.2) is 49.6 Å². The third kappa shape index (κ3) is 5.29. The van der Waals surface area contributed by atoms with Crippen molar-refractivity contribution >= 4 is 11.9 Å². The van der Waals surface area contributed by atoms with Gasteiger partial charge in [-0.15, -0.1) is 0 Å². The molecule has 0 radical (unpaired) electrons. The van der Waals surface area contributed by atoms with Gasteiger partial charge in [0, 0.05) is 31.3 Å². The van der Waals surface area contributed by atoms with E-state index >= 15 is 0 Å². The number of carboxylic acid groups (broad SMARTS) is 2. The molecule has 0 heterocycles. The van der Waals surface area contributed by atoms with Crippen molar-refractivity contribution in [1.82, 2.24) is 0 Å². The molecule has 0 bridgehead atoms. The Labute approximate surface area is 106 Å². The first-order chi connectivity index (χ1) is 8.47. The highest BCUT2D eigenvalue weighted by molar-refractivity contribution is 5.98. The maximum Gasteiger partial charge on any atom is 0.332 e. The second kappa shape index (κ2) is 8.66. The van der Waals surface area contributed by atoms with E-state index in [1.54, 1.807) is 6.92 Å². The fraction of sp³-hybridized carbons (Fsp3) is 0.667. The molecule has 6 heteroatoms. The Bertz CT molecular complexity index is 315. The molecule has 0 spiro atoms. The molecule has 0 aliphatic rings. The summed E-state index contributed by atoms with van der Waals surface area (Å²) in [5.41, 5.74) is -0.149. The molecule has 18 heavy (non-hydrogen) atoms. The van der Waals surface area contributed by atoms with Gasteiger partial charge in [0.2, 0.25) is 0 Å². The molecular weight excluding hydrogens is 240 g/mol. The largest absolute Gasteiger partial charge is 0.478 e. The average molecular weight is 260 g/mol. The van der Waals surface area contributed by atoms with Crippen molar-refractivity contribution in [2.24, 2.45) is 5.92 Å². The summed E-state index contributed by atoms with van der Waals surface area (Å²) < 4.78 is 9.94. The van der Waals surface area contributed by atoms with Gasteiger partial charge in [-0.2, -0.15) is 0 Å². The molecule has 2 N–H and O–H groups in total. The van der Waals surface area contributed by atoms with Gasteiger partial charge in [0.15, 0.2) is 0 Å². The third-order valence-corrected chi connectivity index (χ3v) is 2.53. The van der Waals surface area contributed by atoms with Crippen molar-refractivity contribution in [2.75, 3.05) is 27.4 Å². The van der Waals surface area contributed by atoms with Gasteiger partial charge in [-0.1, -0.05) is 6.92 Å². The summed E-state index contributed by atoms with van der Waals surface area (Å²) in [6.45, 7) is 2.26. The zero-order valence-electron chi connectivity index (χ0n) is 10.9. The van der Waals surface area contributed by atoms with Crippen LogP contribution in [0.15, 0.2) is 11.1 Å². The van der Waals surface area contributed by atoms with Crippen molar-refractivity contribution < 1.29 is 29.3 Å². The molecule has 0 rings (SSSR count). The van der Waals surface area contributed by atoms with Crippen LogP contribution in [0.2, 0.25) is 0 Å². The van der Waals surface area contributed by atoms with Gasteiger partial charge in [-0.05, 0) is 12.8 Å². The van der Waals surface area contributed by atoms with Crippen LogP contribution in [-0.2, 0) is 19.1 Å². The monoisotopic (exact) mass is 260 g/mol. The van der Waals surface area contributed by atoms with E-state index in [2.05, 4.69) is 0 Å². The van der Waals surface area contributed by atoms with Crippen LogP contribution in [0, 0.1) is 5.92 Å². The lowest BCUT2D eigenvalue weighted by Gasteiger charge is -2.16. The highest BCUT2D eigenvalue weighted by Gasteiger charge is 2.22. The fourth-order valence-electron chi connectivity index (χ4n) is 1.76. The molecule has 0 aromatic heterocycles. The normalized spacial score (nSPS) is 12.4. The second-order valence-corrected chi connectivity index (χ2v) is 3.90. The molecule has 0 aromatic rings. The molecule has 0 aliphatic heterocycles. The van der Waals surface area contributed by atoms with Crippen LogP contribution < -0.4 is 0 Å². The van der Waals surface area contributed by atoms with Crippen molar-refractivity contribution in [3.63, 3.8) is 0 Å². The van der Waals surface area contributed by atoms with E-state index in [1.165, 1.54) is 14.2 Å². The summed E-state index contributed by atoms with van der Waals surface area (Å²) in [6.07, 6.45) is 0.288. The summed E-state index contributed by atoms with van der Waals surface area (Å²) in [6, 6.07) is 0. The topological polar surface area (TPSA) is 93.1 Å². The van der Waals surface area contributed by atoms with Crippen LogP contribution >= 0.6 is 0 Å². The maximum atomic E-state index is 11.1. The second-order valence-electron chi connectivity index (χ2n) is 3.90. The number of ether oxygens (including phenoxy) is 2. The smallest absolute Gasteiger partial charge is 0.332 e.